The summed E-state index contributed by atoms with van der Waals surface area (Å²) in [5.74, 6) is 3.21. The maximum Gasteiger partial charge on any atom is 0.129 e. The van der Waals surface area contributed by atoms with Crippen molar-refractivity contribution < 1.29 is 9.21 Å². The number of nitrogens with zero attached hydrogens (tertiary/aromatic N) is 1. The second kappa shape index (κ2) is 5.88. The zero-order valence-corrected chi connectivity index (χ0v) is 9.34. The Morgan fingerprint density at radius 2 is 2.14 bits per heavy atom. The predicted octanol–water partition coefficient (Wildman–Crippen LogP) is 1.77. The van der Waals surface area contributed by atoms with Crippen LogP contribution in [0.3, 0.4) is 0 Å². The van der Waals surface area contributed by atoms with Gasteiger partial charge in [-0.1, -0.05) is 0 Å². The zero-order chi connectivity index (χ0) is 10.4. The Labute approximate surface area is 88.5 Å². The summed E-state index contributed by atoms with van der Waals surface area (Å²) in [6, 6.07) is 3.95. The van der Waals surface area contributed by atoms with Crippen LogP contribution in [0.1, 0.15) is 11.5 Å². The predicted molar refractivity (Wildman–Crippen MR) is 58.3 cm³/mol. The number of rotatable bonds is 6. The lowest BCUT2D eigenvalue weighted by molar-refractivity contribution is -0.105. The molecule has 0 spiro atoms. The van der Waals surface area contributed by atoms with Crippen molar-refractivity contribution in [3.63, 3.8) is 0 Å². The molecule has 14 heavy (non-hydrogen) atoms. The van der Waals surface area contributed by atoms with Gasteiger partial charge in [-0.3, -0.25) is 0 Å². The molecule has 1 heterocycles. The summed E-state index contributed by atoms with van der Waals surface area (Å²) in [5, 5.41) is 0. The van der Waals surface area contributed by atoms with Gasteiger partial charge in [0.25, 0.3) is 0 Å². The Morgan fingerprint density at radius 3 is 2.79 bits per heavy atom. The SMILES string of the molecule is CN(C)Cc1ccc(CSCC=O)o1. The summed E-state index contributed by atoms with van der Waals surface area (Å²) in [4.78, 5) is 12.1. The van der Waals surface area contributed by atoms with Gasteiger partial charge in [-0.05, 0) is 26.2 Å². The lowest BCUT2D eigenvalue weighted by atomic mass is 10.4. The molecule has 0 unspecified atom stereocenters. The largest absolute Gasteiger partial charge is 0.464 e. The van der Waals surface area contributed by atoms with Crippen LogP contribution in [0, 0.1) is 0 Å². The number of hydrogen-bond donors (Lipinski definition) is 0. The van der Waals surface area contributed by atoms with E-state index in [0.29, 0.717) is 5.75 Å². The van der Waals surface area contributed by atoms with Crippen LogP contribution < -0.4 is 0 Å². The van der Waals surface area contributed by atoms with E-state index in [4.69, 9.17) is 4.42 Å². The molecule has 0 radical (unpaired) electrons. The van der Waals surface area contributed by atoms with E-state index in [-0.39, 0.29) is 0 Å². The molecule has 0 fully saturated rings. The molecule has 0 aliphatic carbocycles. The van der Waals surface area contributed by atoms with Crippen LogP contribution in [-0.4, -0.2) is 31.0 Å². The van der Waals surface area contributed by atoms with Gasteiger partial charge in [0.05, 0.1) is 12.3 Å². The van der Waals surface area contributed by atoms with Gasteiger partial charge in [-0.15, -0.1) is 11.8 Å². The van der Waals surface area contributed by atoms with Crippen molar-refractivity contribution in [1.29, 1.82) is 0 Å². The van der Waals surface area contributed by atoms with Gasteiger partial charge in [0.1, 0.15) is 17.8 Å². The van der Waals surface area contributed by atoms with E-state index in [9.17, 15) is 4.79 Å². The van der Waals surface area contributed by atoms with Crippen LogP contribution in [0.4, 0.5) is 0 Å². The lowest BCUT2D eigenvalue weighted by Crippen LogP contribution is -2.09. The van der Waals surface area contributed by atoms with Crippen LogP contribution in [0.15, 0.2) is 16.5 Å². The number of thioether (sulfide) groups is 1. The minimum Gasteiger partial charge on any atom is -0.464 e. The van der Waals surface area contributed by atoms with Crippen molar-refractivity contribution in [2.24, 2.45) is 0 Å². The third kappa shape index (κ3) is 3.98. The van der Waals surface area contributed by atoms with Crippen LogP contribution in [0.2, 0.25) is 0 Å². The van der Waals surface area contributed by atoms with Gasteiger partial charge < -0.3 is 14.1 Å². The van der Waals surface area contributed by atoms with Gasteiger partial charge >= 0.3 is 0 Å². The number of furan rings is 1. The van der Waals surface area contributed by atoms with Crippen LogP contribution in [-0.2, 0) is 17.1 Å². The summed E-state index contributed by atoms with van der Waals surface area (Å²) in [6.07, 6.45) is 0.911. The fourth-order valence-electron chi connectivity index (χ4n) is 1.10. The van der Waals surface area contributed by atoms with Crippen molar-refractivity contribution in [2.45, 2.75) is 12.3 Å². The molecule has 0 atom stereocenters. The van der Waals surface area contributed by atoms with E-state index in [1.165, 1.54) is 0 Å². The van der Waals surface area contributed by atoms with Crippen molar-refractivity contribution in [3.05, 3.63) is 23.7 Å². The Kier molecular flexibility index (Phi) is 4.76. The first kappa shape index (κ1) is 11.3. The molecule has 3 nitrogen and oxygen atoms in total. The maximum atomic E-state index is 10.1. The van der Waals surface area contributed by atoms with E-state index in [2.05, 4.69) is 4.90 Å². The fraction of sp³-hybridized carbons (Fsp3) is 0.500. The highest BCUT2D eigenvalue weighted by molar-refractivity contribution is 7.99. The molecule has 0 aromatic carbocycles. The number of aldehydes is 1. The Bertz CT molecular complexity index is 283. The lowest BCUT2D eigenvalue weighted by Gasteiger charge is -2.05. The Morgan fingerprint density at radius 1 is 1.43 bits per heavy atom. The van der Waals surface area contributed by atoms with Crippen LogP contribution >= 0.6 is 11.8 Å². The number of carbonyl (C=O) groups excluding carboxylic acids is 1. The van der Waals surface area contributed by atoms with Crippen molar-refractivity contribution >= 4 is 18.0 Å². The molecule has 78 valence electrons. The molecule has 1 aromatic heterocycles. The maximum absolute atomic E-state index is 10.1. The van der Waals surface area contributed by atoms with Crippen LogP contribution in [0.25, 0.3) is 0 Å². The third-order valence-corrected chi connectivity index (χ3v) is 2.48. The van der Waals surface area contributed by atoms with E-state index < -0.39 is 0 Å². The summed E-state index contributed by atoms with van der Waals surface area (Å²) in [7, 11) is 4.01. The summed E-state index contributed by atoms with van der Waals surface area (Å²) in [5.41, 5.74) is 0. The van der Waals surface area contributed by atoms with Gasteiger partial charge in [0.15, 0.2) is 0 Å². The minimum absolute atomic E-state index is 0.531. The van der Waals surface area contributed by atoms with Crippen molar-refractivity contribution in [1.82, 2.24) is 4.90 Å². The molecular formula is C10H15NO2S. The molecule has 0 bridgehead atoms. The highest BCUT2D eigenvalue weighted by Crippen LogP contribution is 2.15. The molecule has 1 rings (SSSR count). The van der Waals surface area contributed by atoms with E-state index >= 15 is 0 Å². The molecule has 0 saturated carbocycles. The smallest absolute Gasteiger partial charge is 0.129 e. The highest BCUT2D eigenvalue weighted by Gasteiger charge is 2.02. The first-order valence-electron chi connectivity index (χ1n) is 4.46. The number of hydrogen-bond acceptors (Lipinski definition) is 4. The van der Waals surface area contributed by atoms with E-state index in [1.54, 1.807) is 11.8 Å². The summed E-state index contributed by atoms with van der Waals surface area (Å²) >= 11 is 1.56. The second-order valence-corrected chi connectivity index (χ2v) is 4.32. The van der Waals surface area contributed by atoms with Crippen molar-refractivity contribution in [3.8, 4) is 0 Å². The minimum atomic E-state index is 0.531. The molecule has 0 saturated heterocycles. The molecule has 0 N–H and O–H groups in total. The first-order chi connectivity index (χ1) is 6.72. The molecule has 4 heteroatoms. The Balaban J connectivity index is 2.38. The average Bonchev–Trinajstić information content (AvgIpc) is 2.52. The average molecular weight is 213 g/mol. The normalized spacial score (nSPS) is 10.8. The fourth-order valence-corrected chi connectivity index (χ4v) is 1.67. The molecular weight excluding hydrogens is 198 g/mol. The third-order valence-electron chi connectivity index (χ3n) is 1.62. The van der Waals surface area contributed by atoms with E-state index in [0.717, 1.165) is 30.1 Å². The van der Waals surface area contributed by atoms with Gasteiger partial charge in [0, 0.05) is 5.75 Å². The molecule has 0 aliphatic rings. The van der Waals surface area contributed by atoms with Crippen LogP contribution in [0.5, 0.6) is 0 Å². The molecule has 0 amide bonds. The standard InChI is InChI=1S/C10H15NO2S/c1-11(2)7-9-3-4-10(13-9)8-14-6-5-12/h3-5H,6-8H2,1-2H3. The number of carbonyl (C=O) groups is 1. The van der Waals surface area contributed by atoms with Gasteiger partial charge in [-0.2, -0.15) is 0 Å². The molecule has 0 aliphatic heterocycles. The summed E-state index contributed by atoms with van der Waals surface area (Å²) in [6.45, 7) is 0.818. The monoisotopic (exact) mass is 213 g/mol. The Hall–Kier alpha value is -0.740. The highest BCUT2D eigenvalue weighted by atomic mass is 32.2. The van der Waals surface area contributed by atoms with Gasteiger partial charge in [0.2, 0.25) is 0 Å². The zero-order valence-electron chi connectivity index (χ0n) is 8.53. The topological polar surface area (TPSA) is 33.5 Å². The van der Waals surface area contributed by atoms with Crippen molar-refractivity contribution in [2.75, 3.05) is 19.8 Å². The van der Waals surface area contributed by atoms with E-state index in [1.807, 2.05) is 26.2 Å². The van der Waals surface area contributed by atoms with Gasteiger partial charge in [-0.25, -0.2) is 0 Å². The molecule has 1 aromatic rings. The second-order valence-electron chi connectivity index (χ2n) is 3.29. The quantitative estimate of drug-likeness (QED) is 0.532. The summed E-state index contributed by atoms with van der Waals surface area (Å²) < 4.78 is 5.56. The first-order valence-corrected chi connectivity index (χ1v) is 5.61.